The van der Waals surface area contributed by atoms with Gasteiger partial charge in [0.1, 0.15) is 11.5 Å². The van der Waals surface area contributed by atoms with E-state index in [0.717, 1.165) is 0 Å². The number of hydrogen-bond donors (Lipinski definition) is 0. The van der Waals surface area contributed by atoms with E-state index in [0.29, 0.717) is 24.8 Å². The lowest BCUT2D eigenvalue weighted by molar-refractivity contribution is -0.275. The van der Waals surface area contributed by atoms with Gasteiger partial charge in [0.15, 0.2) is 0 Å². The van der Waals surface area contributed by atoms with Gasteiger partial charge in [-0.3, -0.25) is 4.79 Å². The molecular formula is C15H17F3O2. The lowest BCUT2D eigenvalue weighted by atomic mass is 9.54. The van der Waals surface area contributed by atoms with E-state index in [1.807, 2.05) is 13.8 Å². The fourth-order valence-electron chi connectivity index (χ4n) is 3.18. The highest BCUT2D eigenvalue weighted by Crippen LogP contribution is 2.56. The van der Waals surface area contributed by atoms with Gasteiger partial charge >= 0.3 is 6.36 Å². The highest BCUT2D eigenvalue weighted by atomic mass is 19.4. The normalized spacial score (nSPS) is 21.4. The van der Waals surface area contributed by atoms with E-state index in [4.69, 9.17) is 0 Å². The Bertz CT molecular complexity index is 504. The average molecular weight is 286 g/mol. The van der Waals surface area contributed by atoms with Gasteiger partial charge in [0.05, 0.1) is 0 Å². The predicted octanol–water partition coefficient (Wildman–Crippen LogP) is 4.45. The molecule has 1 aromatic rings. The van der Waals surface area contributed by atoms with Crippen LogP contribution in [0.1, 0.15) is 44.6 Å². The Labute approximate surface area is 115 Å². The topological polar surface area (TPSA) is 26.3 Å². The van der Waals surface area contributed by atoms with Crippen molar-refractivity contribution in [1.82, 2.24) is 0 Å². The van der Waals surface area contributed by atoms with Crippen molar-refractivity contribution in [1.29, 1.82) is 0 Å². The Morgan fingerprint density at radius 3 is 2.35 bits per heavy atom. The van der Waals surface area contributed by atoms with Gasteiger partial charge in [0.25, 0.3) is 0 Å². The third-order valence-electron chi connectivity index (χ3n) is 4.39. The minimum absolute atomic E-state index is 0.134. The number of para-hydroxylation sites is 1. The fourth-order valence-corrected chi connectivity index (χ4v) is 3.18. The number of hydrogen-bond acceptors (Lipinski definition) is 2. The molecule has 0 N–H and O–H groups in total. The first kappa shape index (κ1) is 14.9. The van der Waals surface area contributed by atoms with Crippen molar-refractivity contribution in [2.24, 2.45) is 5.41 Å². The second kappa shape index (κ2) is 5.11. The van der Waals surface area contributed by atoms with Crippen LogP contribution in [0.2, 0.25) is 0 Å². The van der Waals surface area contributed by atoms with Crippen molar-refractivity contribution in [3.8, 4) is 5.75 Å². The highest BCUT2D eigenvalue weighted by Gasteiger charge is 2.53. The first-order chi connectivity index (χ1) is 9.34. The van der Waals surface area contributed by atoms with Gasteiger partial charge in [-0.15, -0.1) is 13.2 Å². The number of ether oxygens (including phenoxy) is 1. The Morgan fingerprint density at radius 1 is 1.25 bits per heavy atom. The summed E-state index contributed by atoms with van der Waals surface area (Å²) in [6, 6.07) is 6.11. The van der Waals surface area contributed by atoms with Crippen LogP contribution in [0.15, 0.2) is 24.3 Å². The maximum atomic E-state index is 12.5. The molecule has 0 bridgehead atoms. The summed E-state index contributed by atoms with van der Waals surface area (Å²) in [5.74, 6) is -0.248. The van der Waals surface area contributed by atoms with Crippen molar-refractivity contribution in [3.05, 3.63) is 29.8 Å². The number of halogens is 3. The van der Waals surface area contributed by atoms with Crippen LogP contribution in [-0.4, -0.2) is 12.1 Å². The van der Waals surface area contributed by atoms with Crippen molar-refractivity contribution in [2.45, 2.75) is 45.4 Å². The summed E-state index contributed by atoms with van der Waals surface area (Å²) in [6.45, 7) is 3.81. The van der Waals surface area contributed by atoms with Crippen LogP contribution in [0, 0.1) is 5.41 Å². The average Bonchev–Trinajstić information content (AvgIpc) is 2.37. The Hall–Kier alpha value is -1.52. The third kappa shape index (κ3) is 2.41. The van der Waals surface area contributed by atoms with Crippen LogP contribution in [0.5, 0.6) is 5.75 Å². The zero-order valence-corrected chi connectivity index (χ0v) is 11.5. The summed E-state index contributed by atoms with van der Waals surface area (Å²) >= 11 is 0. The second-order valence-electron chi connectivity index (χ2n) is 5.13. The van der Waals surface area contributed by atoms with E-state index in [2.05, 4.69) is 4.74 Å². The first-order valence-electron chi connectivity index (χ1n) is 6.72. The van der Waals surface area contributed by atoms with E-state index >= 15 is 0 Å². The zero-order chi connectivity index (χ0) is 15.0. The van der Waals surface area contributed by atoms with E-state index in [1.54, 1.807) is 12.1 Å². The largest absolute Gasteiger partial charge is 0.573 e. The molecule has 2 nitrogen and oxygen atoms in total. The number of Topliss-reactive ketones (excluding diaryl/α,β-unsaturated/α-hetero) is 1. The first-order valence-corrected chi connectivity index (χ1v) is 6.72. The molecule has 5 heteroatoms. The van der Waals surface area contributed by atoms with Crippen LogP contribution in [0.3, 0.4) is 0 Å². The number of rotatable bonds is 4. The molecule has 0 heterocycles. The molecule has 0 spiro atoms. The molecule has 0 amide bonds. The molecule has 1 aliphatic rings. The lowest BCUT2D eigenvalue weighted by Gasteiger charge is -2.47. The molecule has 0 radical (unpaired) electrons. The standard InChI is InChI=1S/C15H17F3O2/c1-3-14(4-2)11(9-13(14)19)10-7-5-6-8-12(10)20-15(16,17)18/h5-8,11H,3-4,9H2,1-2H3. The van der Waals surface area contributed by atoms with Crippen molar-refractivity contribution < 1.29 is 22.7 Å². The molecule has 2 rings (SSSR count). The predicted molar refractivity (Wildman–Crippen MR) is 68.5 cm³/mol. The second-order valence-corrected chi connectivity index (χ2v) is 5.13. The minimum atomic E-state index is -4.72. The molecule has 1 atom stereocenters. The molecule has 1 aliphatic carbocycles. The van der Waals surface area contributed by atoms with Gasteiger partial charge in [0, 0.05) is 17.8 Å². The lowest BCUT2D eigenvalue weighted by Crippen LogP contribution is -2.47. The van der Waals surface area contributed by atoms with Gasteiger partial charge in [0.2, 0.25) is 0 Å². The number of ketones is 1. The van der Waals surface area contributed by atoms with Gasteiger partial charge < -0.3 is 4.74 Å². The van der Waals surface area contributed by atoms with Gasteiger partial charge in [-0.05, 0) is 24.5 Å². The van der Waals surface area contributed by atoms with Gasteiger partial charge in [-0.25, -0.2) is 0 Å². The summed E-state index contributed by atoms with van der Waals surface area (Å²) in [7, 11) is 0. The molecule has 1 aromatic carbocycles. The van der Waals surface area contributed by atoms with Crippen LogP contribution in [0.25, 0.3) is 0 Å². The van der Waals surface area contributed by atoms with Crippen molar-refractivity contribution in [3.63, 3.8) is 0 Å². The number of carbonyl (C=O) groups excluding carboxylic acids is 1. The summed E-state index contributed by atoms with van der Waals surface area (Å²) < 4.78 is 41.4. The molecular weight excluding hydrogens is 269 g/mol. The van der Waals surface area contributed by atoms with Crippen molar-refractivity contribution in [2.75, 3.05) is 0 Å². The van der Waals surface area contributed by atoms with Gasteiger partial charge in [-0.1, -0.05) is 32.0 Å². The Balaban J connectivity index is 2.37. The van der Waals surface area contributed by atoms with E-state index in [-0.39, 0.29) is 17.5 Å². The molecule has 1 saturated carbocycles. The molecule has 20 heavy (non-hydrogen) atoms. The molecule has 1 unspecified atom stereocenters. The van der Waals surface area contributed by atoms with Crippen LogP contribution >= 0.6 is 0 Å². The van der Waals surface area contributed by atoms with E-state index in [1.165, 1.54) is 12.1 Å². The molecule has 1 fully saturated rings. The third-order valence-corrected chi connectivity index (χ3v) is 4.39. The zero-order valence-electron chi connectivity index (χ0n) is 11.5. The Kier molecular flexibility index (Phi) is 3.80. The van der Waals surface area contributed by atoms with E-state index in [9.17, 15) is 18.0 Å². The maximum Gasteiger partial charge on any atom is 0.573 e. The summed E-state index contributed by atoms with van der Waals surface area (Å²) in [6.07, 6.45) is -3.16. The van der Waals surface area contributed by atoms with Crippen molar-refractivity contribution >= 4 is 5.78 Å². The molecule has 0 aromatic heterocycles. The number of carbonyl (C=O) groups is 1. The summed E-state index contributed by atoms with van der Waals surface area (Å²) in [4.78, 5) is 11.9. The fraction of sp³-hybridized carbons (Fsp3) is 0.533. The van der Waals surface area contributed by atoms with Crippen LogP contribution in [0.4, 0.5) is 13.2 Å². The summed E-state index contributed by atoms with van der Waals surface area (Å²) in [5.41, 5.74) is -0.0569. The molecule has 110 valence electrons. The SMILES string of the molecule is CCC1(CC)C(=O)CC1c1ccccc1OC(F)(F)F. The molecule has 0 saturated heterocycles. The van der Waals surface area contributed by atoms with Crippen LogP contribution in [-0.2, 0) is 4.79 Å². The highest BCUT2D eigenvalue weighted by molar-refractivity contribution is 5.93. The number of alkyl halides is 3. The molecule has 0 aliphatic heterocycles. The minimum Gasteiger partial charge on any atom is -0.405 e. The smallest absolute Gasteiger partial charge is 0.405 e. The van der Waals surface area contributed by atoms with E-state index < -0.39 is 11.8 Å². The monoisotopic (exact) mass is 286 g/mol. The number of benzene rings is 1. The van der Waals surface area contributed by atoms with Crippen LogP contribution < -0.4 is 4.74 Å². The quantitative estimate of drug-likeness (QED) is 0.817. The summed E-state index contributed by atoms with van der Waals surface area (Å²) in [5, 5.41) is 0. The maximum absolute atomic E-state index is 12.5. The Morgan fingerprint density at radius 2 is 1.85 bits per heavy atom. The van der Waals surface area contributed by atoms with Gasteiger partial charge in [-0.2, -0.15) is 0 Å².